The molecule has 0 aromatic heterocycles. The number of nitrogens with one attached hydrogen (secondary N) is 1. The van der Waals surface area contributed by atoms with Crippen LogP contribution in [0.3, 0.4) is 0 Å². The zero-order valence-corrected chi connectivity index (χ0v) is 15.5. The van der Waals surface area contributed by atoms with Gasteiger partial charge in [-0.3, -0.25) is 0 Å². The van der Waals surface area contributed by atoms with Gasteiger partial charge in [-0.2, -0.15) is 0 Å². The van der Waals surface area contributed by atoms with Crippen LogP contribution in [0.15, 0.2) is 23.1 Å². The maximum atomic E-state index is 12.6. The number of benzene rings is 1. The van der Waals surface area contributed by atoms with Crippen molar-refractivity contribution in [1.82, 2.24) is 4.72 Å². The molecule has 0 aliphatic rings. The van der Waals surface area contributed by atoms with Gasteiger partial charge >= 0.3 is 5.97 Å². The Morgan fingerprint density at radius 1 is 1.20 bits per heavy atom. The van der Waals surface area contributed by atoms with Crippen LogP contribution in [0.2, 0.25) is 0 Å². The summed E-state index contributed by atoms with van der Waals surface area (Å²) in [5.41, 5.74) is 0.438. The van der Waals surface area contributed by atoms with Gasteiger partial charge in [-0.25, -0.2) is 17.9 Å². The van der Waals surface area contributed by atoms with E-state index in [0.29, 0.717) is 12.2 Å². The first kappa shape index (κ1) is 20.9. The highest BCUT2D eigenvalue weighted by Gasteiger charge is 2.23. The molecule has 0 saturated heterocycles. The molecule has 25 heavy (non-hydrogen) atoms. The maximum absolute atomic E-state index is 12.6. The molecule has 0 spiro atoms. The summed E-state index contributed by atoms with van der Waals surface area (Å²) in [5, 5.41) is 0. The lowest BCUT2D eigenvalue weighted by Crippen LogP contribution is -2.28. The van der Waals surface area contributed by atoms with E-state index in [2.05, 4.69) is 9.46 Å². The number of methoxy groups -OCH3 is 3. The Balaban J connectivity index is 3.26. The average Bonchev–Trinajstić information content (AvgIpc) is 2.62. The number of carbonyl (C=O) groups excluding carboxylic acids is 1. The molecule has 1 aromatic carbocycles. The van der Waals surface area contributed by atoms with Crippen molar-refractivity contribution < 1.29 is 32.2 Å². The second kappa shape index (κ2) is 10.0. The van der Waals surface area contributed by atoms with Crippen LogP contribution >= 0.6 is 0 Å². The summed E-state index contributed by atoms with van der Waals surface area (Å²) in [6.07, 6.45) is 2.60. The first-order valence-corrected chi connectivity index (χ1v) is 8.97. The number of hydrogen-bond acceptors (Lipinski definition) is 7. The van der Waals surface area contributed by atoms with Crippen LogP contribution in [0.25, 0.3) is 6.08 Å². The van der Waals surface area contributed by atoms with Crippen molar-refractivity contribution in [1.29, 1.82) is 0 Å². The smallest absolute Gasteiger partial charge is 0.330 e. The maximum Gasteiger partial charge on any atom is 0.330 e. The molecule has 0 heterocycles. The average molecular weight is 373 g/mol. The third-order valence-electron chi connectivity index (χ3n) is 3.11. The number of esters is 1. The largest absolute Gasteiger partial charge is 0.493 e. The monoisotopic (exact) mass is 373 g/mol. The quantitative estimate of drug-likeness (QED) is 0.374. The zero-order chi connectivity index (χ0) is 18.9. The standard InChI is InChI=1S/C16H23NO7S/c1-5-24-9-8-17-25(19,20)14-11-12(6-7-15(18)22-3)10-13(21-2)16(14)23-4/h6-7,10-11,17H,5,8-9H2,1-4H3/b7-6-. The Bertz CT molecular complexity index is 713. The lowest BCUT2D eigenvalue weighted by Gasteiger charge is -2.15. The van der Waals surface area contributed by atoms with Crippen LogP contribution in [-0.2, 0) is 24.3 Å². The molecule has 0 saturated carbocycles. The third-order valence-corrected chi connectivity index (χ3v) is 4.58. The van der Waals surface area contributed by atoms with Gasteiger partial charge in [0.25, 0.3) is 0 Å². The van der Waals surface area contributed by atoms with E-state index in [-0.39, 0.29) is 29.5 Å². The number of hydrogen-bond donors (Lipinski definition) is 1. The highest BCUT2D eigenvalue weighted by molar-refractivity contribution is 7.89. The second-order valence-electron chi connectivity index (χ2n) is 4.71. The predicted octanol–water partition coefficient (Wildman–Crippen LogP) is 1.20. The van der Waals surface area contributed by atoms with Crippen molar-refractivity contribution in [3.63, 3.8) is 0 Å². The highest BCUT2D eigenvalue weighted by Crippen LogP contribution is 2.35. The first-order valence-electron chi connectivity index (χ1n) is 7.49. The van der Waals surface area contributed by atoms with Gasteiger partial charge in [0.15, 0.2) is 11.5 Å². The van der Waals surface area contributed by atoms with Gasteiger partial charge in [0.2, 0.25) is 10.0 Å². The minimum atomic E-state index is -3.87. The van der Waals surface area contributed by atoms with E-state index in [1.807, 2.05) is 6.92 Å². The fourth-order valence-corrected chi connectivity index (χ4v) is 3.17. The number of carbonyl (C=O) groups is 1. The van der Waals surface area contributed by atoms with Crippen LogP contribution < -0.4 is 14.2 Å². The number of ether oxygens (including phenoxy) is 4. The van der Waals surface area contributed by atoms with Gasteiger partial charge in [0.05, 0.1) is 27.9 Å². The summed E-state index contributed by atoms with van der Waals surface area (Å²) in [5.74, 6) is -0.268. The summed E-state index contributed by atoms with van der Waals surface area (Å²) in [7, 11) is 0.123. The van der Waals surface area contributed by atoms with Crippen LogP contribution in [-0.4, -0.2) is 55.5 Å². The van der Waals surface area contributed by atoms with Crippen molar-refractivity contribution in [2.75, 3.05) is 41.1 Å². The van der Waals surface area contributed by atoms with Crippen LogP contribution in [0.1, 0.15) is 12.5 Å². The summed E-state index contributed by atoms with van der Waals surface area (Å²) >= 11 is 0. The number of rotatable bonds is 10. The number of sulfonamides is 1. The van der Waals surface area contributed by atoms with E-state index in [4.69, 9.17) is 14.2 Å². The van der Waals surface area contributed by atoms with E-state index in [0.717, 1.165) is 0 Å². The lowest BCUT2D eigenvalue weighted by molar-refractivity contribution is -0.134. The fraction of sp³-hybridized carbons (Fsp3) is 0.438. The second-order valence-corrected chi connectivity index (χ2v) is 6.44. The van der Waals surface area contributed by atoms with E-state index >= 15 is 0 Å². The summed E-state index contributed by atoms with van der Waals surface area (Å²) in [6, 6.07) is 2.93. The molecule has 8 nitrogen and oxygen atoms in total. The Morgan fingerprint density at radius 3 is 2.48 bits per heavy atom. The molecule has 0 amide bonds. The molecule has 0 radical (unpaired) electrons. The third kappa shape index (κ3) is 6.04. The SMILES string of the molecule is CCOCCNS(=O)(=O)c1cc(/C=C\C(=O)OC)cc(OC)c1OC. The predicted molar refractivity (Wildman–Crippen MR) is 92.3 cm³/mol. The van der Waals surface area contributed by atoms with Gasteiger partial charge < -0.3 is 18.9 Å². The van der Waals surface area contributed by atoms with Gasteiger partial charge in [-0.15, -0.1) is 0 Å². The van der Waals surface area contributed by atoms with Gasteiger partial charge in [-0.05, 0) is 30.7 Å². The molecule has 1 aromatic rings. The molecule has 0 aliphatic heterocycles. The minimum Gasteiger partial charge on any atom is -0.493 e. The summed E-state index contributed by atoms with van der Waals surface area (Å²) < 4.78 is 47.6. The van der Waals surface area contributed by atoms with Gasteiger partial charge in [0, 0.05) is 19.2 Å². The molecule has 0 aliphatic carbocycles. The fourth-order valence-electron chi connectivity index (χ4n) is 1.95. The Morgan fingerprint density at radius 2 is 1.92 bits per heavy atom. The molecule has 1 rings (SSSR count). The van der Waals surface area contributed by atoms with Crippen molar-refractivity contribution in [3.05, 3.63) is 23.8 Å². The molecule has 0 bridgehead atoms. The molecular formula is C16H23NO7S. The lowest BCUT2D eigenvalue weighted by atomic mass is 10.2. The molecule has 0 atom stereocenters. The highest BCUT2D eigenvalue weighted by atomic mass is 32.2. The molecule has 1 N–H and O–H groups in total. The van der Waals surface area contributed by atoms with Crippen LogP contribution in [0, 0.1) is 0 Å². The Kier molecular flexibility index (Phi) is 8.39. The Labute approximate surface area is 147 Å². The van der Waals surface area contributed by atoms with Gasteiger partial charge in [0.1, 0.15) is 4.90 Å². The van der Waals surface area contributed by atoms with E-state index in [1.165, 1.54) is 39.5 Å². The summed E-state index contributed by atoms with van der Waals surface area (Å²) in [6.45, 7) is 2.67. The zero-order valence-electron chi connectivity index (χ0n) is 14.7. The van der Waals surface area contributed by atoms with Crippen LogP contribution in [0.5, 0.6) is 11.5 Å². The topological polar surface area (TPSA) is 100 Å². The van der Waals surface area contributed by atoms with E-state index in [9.17, 15) is 13.2 Å². The van der Waals surface area contributed by atoms with Crippen molar-refractivity contribution in [2.45, 2.75) is 11.8 Å². The molecule has 0 fully saturated rings. The first-order chi connectivity index (χ1) is 11.9. The molecule has 0 unspecified atom stereocenters. The van der Waals surface area contributed by atoms with Gasteiger partial charge in [-0.1, -0.05) is 0 Å². The summed E-state index contributed by atoms with van der Waals surface area (Å²) in [4.78, 5) is 11.1. The van der Waals surface area contributed by atoms with Crippen molar-refractivity contribution >= 4 is 22.1 Å². The van der Waals surface area contributed by atoms with Crippen molar-refractivity contribution in [3.8, 4) is 11.5 Å². The van der Waals surface area contributed by atoms with E-state index in [1.54, 1.807) is 6.07 Å². The van der Waals surface area contributed by atoms with Crippen molar-refractivity contribution in [2.24, 2.45) is 0 Å². The molecule has 9 heteroatoms. The van der Waals surface area contributed by atoms with E-state index < -0.39 is 16.0 Å². The minimum absolute atomic E-state index is 0.0710. The van der Waals surface area contributed by atoms with Crippen LogP contribution in [0.4, 0.5) is 0 Å². The molecular weight excluding hydrogens is 350 g/mol. The normalized spacial score (nSPS) is 11.5. The molecule has 140 valence electrons. The Hall–Kier alpha value is -2.10.